The molecule has 14 heavy (non-hydrogen) atoms. The molecule has 0 radical (unpaired) electrons. The standard InChI is InChI=1S/C10H21NO3/c1-2-14-10(12)6-4-3-5-8-13-9-7-11/h2-9,11H2,1H3. The fourth-order valence-electron chi connectivity index (χ4n) is 1.07. The van der Waals surface area contributed by atoms with Crippen LogP contribution in [0.2, 0.25) is 0 Å². The van der Waals surface area contributed by atoms with Crippen LogP contribution in [0.1, 0.15) is 32.6 Å². The molecule has 0 aromatic rings. The van der Waals surface area contributed by atoms with Crippen molar-refractivity contribution in [2.24, 2.45) is 5.73 Å². The van der Waals surface area contributed by atoms with Crippen molar-refractivity contribution < 1.29 is 14.3 Å². The van der Waals surface area contributed by atoms with Crippen LogP contribution in [0, 0.1) is 0 Å². The lowest BCUT2D eigenvalue weighted by Crippen LogP contribution is -2.09. The average Bonchev–Trinajstić information content (AvgIpc) is 2.17. The molecule has 0 bridgehead atoms. The van der Waals surface area contributed by atoms with E-state index in [-0.39, 0.29) is 5.97 Å². The summed E-state index contributed by atoms with van der Waals surface area (Å²) in [6.45, 7) is 4.22. The molecule has 4 heteroatoms. The summed E-state index contributed by atoms with van der Waals surface area (Å²) in [5.74, 6) is -0.102. The Morgan fingerprint density at radius 2 is 2.00 bits per heavy atom. The second kappa shape index (κ2) is 10.5. The van der Waals surface area contributed by atoms with Crippen LogP contribution in [0.15, 0.2) is 0 Å². The van der Waals surface area contributed by atoms with Gasteiger partial charge in [0, 0.05) is 19.6 Å². The van der Waals surface area contributed by atoms with Crippen molar-refractivity contribution in [2.45, 2.75) is 32.6 Å². The molecule has 2 N–H and O–H groups in total. The molecule has 0 amide bonds. The molecule has 0 spiro atoms. The highest BCUT2D eigenvalue weighted by molar-refractivity contribution is 5.69. The Bertz CT molecular complexity index is 139. The predicted octanol–water partition coefficient (Wildman–Crippen LogP) is 1.09. The first-order valence-electron chi connectivity index (χ1n) is 5.24. The number of unbranched alkanes of at least 4 members (excludes halogenated alkanes) is 2. The van der Waals surface area contributed by atoms with Gasteiger partial charge in [-0.15, -0.1) is 0 Å². The minimum atomic E-state index is -0.102. The molecule has 0 aromatic heterocycles. The first kappa shape index (κ1) is 13.4. The van der Waals surface area contributed by atoms with Gasteiger partial charge in [-0.05, 0) is 19.8 Å². The third-order valence-electron chi connectivity index (χ3n) is 1.74. The molecule has 0 fully saturated rings. The third-order valence-corrected chi connectivity index (χ3v) is 1.74. The van der Waals surface area contributed by atoms with E-state index in [4.69, 9.17) is 15.2 Å². The molecule has 4 nitrogen and oxygen atoms in total. The maximum Gasteiger partial charge on any atom is 0.305 e. The Morgan fingerprint density at radius 3 is 2.64 bits per heavy atom. The molecule has 0 rings (SSSR count). The van der Waals surface area contributed by atoms with E-state index in [0.29, 0.717) is 26.2 Å². The number of esters is 1. The van der Waals surface area contributed by atoms with Gasteiger partial charge in [0.05, 0.1) is 13.2 Å². The number of carbonyl (C=O) groups is 1. The van der Waals surface area contributed by atoms with Crippen LogP contribution in [0.5, 0.6) is 0 Å². The van der Waals surface area contributed by atoms with Crippen LogP contribution >= 0.6 is 0 Å². The summed E-state index contributed by atoms with van der Waals surface area (Å²) in [6.07, 6.45) is 3.39. The van der Waals surface area contributed by atoms with Crippen molar-refractivity contribution in [1.29, 1.82) is 0 Å². The first-order valence-corrected chi connectivity index (χ1v) is 5.24. The van der Waals surface area contributed by atoms with Crippen LogP contribution in [-0.4, -0.2) is 32.3 Å². The van der Waals surface area contributed by atoms with Crippen molar-refractivity contribution in [1.82, 2.24) is 0 Å². The Morgan fingerprint density at radius 1 is 1.21 bits per heavy atom. The zero-order valence-corrected chi connectivity index (χ0v) is 8.96. The van der Waals surface area contributed by atoms with Crippen molar-refractivity contribution in [3.8, 4) is 0 Å². The van der Waals surface area contributed by atoms with Gasteiger partial charge < -0.3 is 15.2 Å². The normalized spacial score (nSPS) is 10.1. The Hall–Kier alpha value is -0.610. The summed E-state index contributed by atoms with van der Waals surface area (Å²) in [5.41, 5.74) is 5.26. The van der Waals surface area contributed by atoms with Crippen LogP contribution in [0.25, 0.3) is 0 Å². The lowest BCUT2D eigenvalue weighted by Gasteiger charge is -2.02. The van der Waals surface area contributed by atoms with Gasteiger partial charge in [-0.25, -0.2) is 0 Å². The van der Waals surface area contributed by atoms with E-state index in [1.807, 2.05) is 6.92 Å². The van der Waals surface area contributed by atoms with E-state index in [9.17, 15) is 4.79 Å². The summed E-state index contributed by atoms with van der Waals surface area (Å²) >= 11 is 0. The maximum absolute atomic E-state index is 10.9. The molecule has 0 atom stereocenters. The fraction of sp³-hybridized carbons (Fsp3) is 0.900. The lowest BCUT2D eigenvalue weighted by atomic mass is 10.2. The van der Waals surface area contributed by atoms with Gasteiger partial charge in [-0.2, -0.15) is 0 Å². The van der Waals surface area contributed by atoms with Gasteiger partial charge in [-0.3, -0.25) is 4.79 Å². The van der Waals surface area contributed by atoms with Gasteiger partial charge in [0.15, 0.2) is 0 Å². The topological polar surface area (TPSA) is 61.5 Å². The molecule has 0 aliphatic heterocycles. The molecule has 0 aliphatic carbocycles. The highest BCUT2D eigenvalue weighted by Crippen LogP contribution is 2.01. The third kappa shape index (κ3) is 9.48. The number of ether oxygens (including phenoxy) is 2. The number of hydrogen-bond donors (Lipinski definition) is 1. The molecule has 0 unspecified atom stereocenters. The van der Waals surface area contributed by atoms with E-state index in [0.717, 1.165) is 25.9 Å². The smallest absolute Gasteiger partial charge is 0.305 e. The highest BCUT2D eigenvalue weighted by Gasteiger charge is 2.00. The summed E-state index contributed by atoms with van der Waals surface area (Å²) in [7, 11) is 0. The lowest BCUT2D eigenvalue weighted by molar-refractivity contribution is -0.143. The van der Waals surface area contributed by atoms with Crippen LogP contribution in [0.4, 0.5) is 0 Å². The molecular weight excluding hydrogens is 182 g/mol. The molecular formula is C10H21NO3. The summed E-state index contributed by atoms with van der Waals surface area (Å²) in [5, 5.41) is 0. The minimum absolute atomic E-state index is 0.102. The van der Waals surface area contributed by atoms with Crippen LogP contribution in [0.3, 0.4) is 0 Å². The molecule has 0 aliphatic rings. The number of carbonyl (C=O) groups excluding carboxylic acids is 1. The second-order valence-electron chi connectivity index (χ2n) is 3.02. The quantitative estimate of drug-likeness (QED) is 0.450. The van der Waals surface area contributed by atoms with Crippen molar-refractivity contribution in [2.75, 3.05) is 26.4 Å². The van der Waals surface area contributed by atoms with Crippen molar-refractivity contribution >= 4 is 5.97 Å². The van der Waals surface area contributed by atoms with E-state index in [1.54, 1.807) is 0 Å². The number of nitrogens with two attached hydrogens (primary N) is 1. The molecule has 84 valence electrons. The van der Waals surface area contributed by atoms with Gasteiger partial charge in [0.1, 0.15) is 0 Å². The number of rotatable bonds is 9. The maximum atomic E-state index is 10.9. The van der Waals surface area contributed by atoms with E-state index in [2.05, 4.69) is 0 Å². The SMILES string of the molecule is CCOC(=O)CCCCCOCCN. The van der Waals surface area contributed by atoms with Gasteiger partial charge >= 0.3 is 5.97 Å². The molecule has 0 heterocycles. The van der Waals surface area contributed by atoms with E-state index < -0.39 is 0 Å². The second-order valence-corrected chi connectivity index (χ2v) is 3.02. The summed E-state index contributed by atoms with van der Waals surface area (Å²) < 4.78 is 10.00. The Balaban J connectivity index is 3.01. The zero-order chi connectivity index (χ0) is 10.6. The fourth-order valence-corrected chi connectivity index (χ4v) is 1.07. The summed E-state index contributed by atoms with van der Waals surface area (Å²) in [4.78, 5) is 10.9. The van der Waals surface area contributed by atoms with Crippen molar-refractivity contribution in [3.63, 3.8) is 0 Å². The van der Waals surface area contributed by atoms with Crippen LogP contribution in [-0.2, 0) is 14.3 Å². The first-order chi connectivity index (χ1) is 6.81. The zero-order valence-electron chi connectivity index (χ0n) is 8.96. The Labute approximate surface area is 85.8 Å². The predicted molar refractivity (Wildman–Crippen MR) is 55.0 cm³/mol. The molecule has 0 saturated heterocycles. The van der Waals surface area contributed by atoms with Crippen LogP contribution < -0.4 is 5.73 Å². The largest absolute Gasteiger partial charge is 0.466 e. The van der Waals surface area contributed by atoms with E-state index in [1.165, 1.54) is 0 Å². The van der Waals surface area contributed by atoms with Gasteiger partial charge in [0.25, 0.3) is 0 Å². The van der Waals surface area contributed by atoms with E-state index >= 15 is 0 Å². The summed E-state index contributed by atoms with van der Waals surface area (Å²) in [6, 6.07) is 0. The average molecular weight is 203 g/mol. The minimum Gasteiger partial charge on any atom is -0.466 e. The van der Waals surface area contributed by atoms with Gasteiger partial charge in [-0.1, -0.05) is 6.42 Å². The van der Waals surface area contributed by atoms with Crippen molar-refractivity contribution in [3.05, 3.63) is 0 Å². The number of hydrogen-bond acceptors (Lipinski definition) is 4. The van der Waals surface area contributed by atoms with Gasteiger partial charge in [0.2, 0.25) is 0 Å². The monoisotopic (exact) mass is 203 g/mol. The molecule has 0 saturated carbocycles. The molecule has 0 aromatic carbocycles. The highest BCUT2D eigenvalue weighted by atomic mass is 16.5. The Kier molecular flexibility index (Phi) is 10.0.